The van der Waals surface area contributed by atoms with Crippen LogP contribution in [0.5, 0.6) is 0 Å². The van der Waals surface area contributed by atoms with Gasteiger partial charge in [0, 0.05) is 22.9 Å². The van der Waals surface area contributed by atoms with Gasteiger partial charge in [0.05, 0.1) is 7.14 Å². The Morgan fingerprint density at radius 3 is 1.50 bits per heavy atom. The highest BCUT2D eigenvalue weighted by atomic mass is 31.2. The van der Waals surface area contributed by atoms with Gasteiger partial charge in [0.15, 0.2) is 0 Å². The molecule has 0 atom stereocenters. The van der Waals surface area contributed by atoms with Crippen LogP contribution < -0.4 is 10.6 Å². The van der Waals surface area contributed by atoms with E-state index in [2.05, 4.69) is 0 Å². The maximum Gasteiger partial charge on any atom is 0.143 e. The Labute approximate surface area is 146 Å². The molecule has 0 fully saturated rings. The first-order valence-corrected chi connectivity index (χ1v) is 13.0. The van der Waals surface area contributed by atoms with Gasteiger partial charge in [-0.2, -0.15) is 0 Å². The first-order chi connectivity index (χ1) is 11.5. The van der Waals surface area contributed by atoms with E-state index in [1.54, 1.807) is 0 Å². The number of hydrogen-bond donors (Lipinski definition) is 0. The lowest BCUT2D eigenvalue weighted by molar-refractivity contribution is 0.572. The average molecular weight is 362 g/mol. The summed E-state index contributed by atoms with van der Waals surface area (Å²) in [7, 11) is -4.61. The number of benzene rings is 2. The Balaban J connectivity index is 2.14. The molecule has 2 aromatic rings. The summed E-state index contributed by atoms with van der Waals surface area (Å²) in [5.74, 6) is 0. The fraction of sp³-hybridized carbons (Fsp3) is 0.400. The molecule has 0 bridgehead atoms. The van der Waals surface area contributed by atoms with E-state index in [9.17, 15) is 9.13 Å². The van der Waals surface area contributed by atoms with E-state index in [0.29, 0.717) is 6.16 Å². The molecule has 0 amide bonds. The van der Waals surface area contributed by atoms with Crippen molar-refractivity contribution in [1.29, 1.82) is 0 Å². The molecule has 0 N–H and O–H groups in total. The Bertz CT molecular complexity index is 659. The van der Waals surface area contributed by atoms with E-state index in [1.165, 1.54) is 0 Å². The molecule has 0 aliphatic rings. The Kier molecular flexibility index (Phi) is 7.08. The molecule has 0 aliphatic heterocycles. The number of unbranched alkanes of at least 4 members (excludes halogenated alkanes) is 1. The molecule has 2 aromatic carbocycles. The largest absolute Gasteiger partial charge is 0.324 e. The van der Waals surface area contributed by atoms with Crippen LogP contribution >= 0.6 is 14.3 Å². The van der Waals surface area contributed by atoms with E-state index in [-0.39, 0.29) is 0 Å². The van der Waals surface area contributed by atoms with Crippen LogP contribution in [0.15, 0.2) is 60.7 Å². The van der Waals surface area contributed by atoms with Gasteiger partial charge in [0.2, 0.25) is 0 Å². The van der Waals surface area contributed by atoms with Gasteiger partial charge >= 0.3 is 0 Å². The predicted molar refractivity (Wildman–Crippen MR) is 107 cm³/mol. The van der Waals surface area contributed by atoms with Crippen molar-refractivity contribution in [3.8, 4) is 0 Å². The van der Waals surface area contributed by atoms with Crippen molar-refractivity contribution in [3.63, 3.8) is 0 Å². The van der Waals surface area contributed by atoms with E-state index in [0.717, 1.165) is 41.9 Å². The molecule has 24 heavy (non-hydrogen) atoms. The van der Waals surface area contributed by atoms with Crippen LogP contribution in [0.1, 0.15) is 26.7 Å². The third kappa shape index (κ3) is 4.71. The summed E-state index contributed by atoms with van der Waals surface area (Å²) >= 11 is 0. The fourth-order valence-corrected chi connectivity index (χ4v) is 7.69. The molecule has 0 heterocycles. The summed E-state index contributed by atoms with van der Waals surface area (Å²) in [6.07, 6.45) is 4.72. The Morgan fingerprint density at radius 1 is 0.667 bits per heavy atom. The molecule has 0 spiro atoms. The van der Waals surface area contributed by atoms with Gasteiger partial charge in [0.1, 0.15) is 7.14 Å². The highest BCUT2D eigenvalue weighted by Crippen LogP contribution is 2.47. The molecule has 0 radical (unpaired) electrons. The average Bonchev–Trinajstić information content (AvgIpc) is 2.66. The summed E-state index contributed by atoms with van der Waals surface area (Å²) in [6.45, 7) is 4.03. The van der Waals surface area contributed by atoms with Crippen molar-refractivity contribution in [2.45, 2.75) is 26.7 Å². The SMILES string of the molecule is CCP(=O)(CC)CCCCP(=O)(c1ccccc1)c1ccccc1. The van der Waals surface area contributed by atoms with Gasteiger partial charge in [-0.25, -0.2) is 0 Å². The lowest BCUT2D eigenvalue weighted by Gasteiger charge is -2.20. The first kappa shape index (κ1) is 19.2. The van der Waals surface area contributed by atoms with Gasteiger partial charge < -0.3 is 9.13 Å². The van der Waals surface area contributed by atoms with Gasteiger partial charge in [0.25, 0.3) is 0 Å². The second kappa shape index (κ2) is 8.84. The molecular weight excluding hydrogens is 334 g/mol. The van der Waals surface area contributed by atoms with Crippen LogP contribution in [0, 0.1) is 0 Å². The second-order valence-corrected chi connectivity index (χ2v) is 13.0. The normalized spacial score (nSPS) is 12.2. The molecule has 2 rings (SSSR count). The summed E-state index contributed by atoms with van der Waals surface area (Å²) < 4.78 is 26.4. The van der Waals surface area contributed by atoms with Crippen LogP contribution in [-0.4, -0.2) is 24.6 Å². The van der Waals surface area contributed by atoms with Gasteiger partial charge in [-0.3, -0.25) is 0 Å². The zero-order valence-electron chi connectivity index (χ0n) is 14.7. The van der Waals surface area contributed by atoms with E-state index in [4.69, 9.17) is 0 Å². The monoisotopic (exact) mass is 362 g/mol. The minimum Gasteiger partial charge on any atom is -0.324 e. The van der Waals surface area contributed by atoms with Crippen LogP contribution in [0.4, 0.5) is 0 Å². The summed E-state index contributed by atoms with van der Waals surface area (Å²) in [6, 6.07) is 19.6. The fourth-order valence-electron chi connectivity index (χ4n) is 3.02. The molecule has 4 heteroatoms. The summed E-state index contributed by atoms with van der Waals surface area (Å²) in [4.78, 5) is 0. The Morgan fingerprint density at radius 2 is 1.08 bits per heavy atom. The van der Waals surface area contributed by atoms with Crippen molar-refractivity contribution in [3.05, 3.63) is 60.7 Å². The molecule has 0 unspecified atom stereocenters. The summed E-state index contributed by atoms with van der Waals surface area (Å²) in [5.41, 5.74) is 0. The predicted octanol–water partition coefficient (Wildman–Crippen LogP) is 5.18. The third-order valence-corrected chi connectivity index (χ3v) is 11.4. The van der Waals surface area contributed by atoms with Gasteiger partial charge in [-0.1, -0.05) is 74.5 Å². The quantitative estimate of drug-likeness (QED) is 0.455. The van der Waals surface area contributed by atoms with Crippen LogP contribution in [-0.2, 0) is 9.13 Å². The smallest absolute Gasteiger partial charge is 0.143 e. The molecule has 2 nitrogen and oxygen atoms in total. The molecule has 0 saturated carbocycles. The van der Waals surface area contributed by atoms with Crippen molar-refractivity contribution in [1.82, 2.24) is 0 Å². The van der Waals surface area contributed by atoms with E-state index >= 15 is 0 Å². The molecule has 0 saturated heterocycles. The van der Waals surface area contributed by atoms with Crippen molar-refractivity contribution in [2.75, 3.05) is 24.6 Å². The maximum absolute atomic E-state index is 13.8. The van der Waals surface area contributed by atoms with Crippen molar-refractivity contribution >= 4 is 24.9 Å². The second-order valence-electron chi connectivity index (χ2n) is 6.26. The minimum atomic E-state index is -2.61. The topological polar surface area (TPSA) is 34.1 Å². The van der Waals surface area contributed by atoms with E-state index in [1.807, 2.05) is 74.5 Å². The lowest BCUT2D eigenvalue weighted by atomic mass is 10.4. The first-order valence-electron chi connectivity index (χ1n) is 8.81. The lowest BCUT2D eigenvalue weighted by Crippen LogP contribution is -2.18. The zero-order valence-corrected chi connectivity index (χ0v) is 16.5. The highest BCUT2D eigenvalue weighted by molar-refractivity contribution is 7.78. The molecule has 0 aromatic heterocycles. The minimum absolute atomic E-state index is 0.647. The number of hydrogen-bond acceptors (Lipinski definition) is 2. The number of rotatable bonds is 9. The van der Waals surface area contributed by atoms with E-state index < -0.39 is 14.3 Å². The van der Waals surface area contributed by atoms with Crippen LogP contribution in [0.2, 0.25) is 0 Å². The standard InChI is InChI=1S/C20H28O2P2/c1-3-23(21,4-2)17-11-12-18-24(22,19-13-7-5-8-14-19)20-15-9-6-10-16-20/h5-10,13-16H,3-4,11-12,17-18H2,1-2H3. The highest BCUT2D eigenvalue weighted by Gasteiger charge is 2.26. The van der Waals surface area contributed by atoms with Crippen molar-refractivity contribution in [2.24, 2.45) is 0 Å². The Hall–Kier alpha value is -1.10. The van der Waals surface area contributed by atoms with Crippen LogP contribution in [0.3, 0.4) is 0 Å². The molecule has 0 aliphatic carbocycles. The molecule has 130 valence electrons. The van der Waals surface area contributed by atoms with Crippen LogP contribution in [0.25, 0.3) is 0 Å². The third-order valence-electron chi connectivity index (χ3n) is 4.79. The zero-order chi connectivity index (χ0) is 17.5. The summed E-state index contributed by atoms with van der Waals surface area (Å²) in [5, 5.41) is 1.84. The molecular formula is C20H28O2P2. The van der Waals surface area contributed by atoms with Crippen molar-refractivity contribution < 1.29 is 9.13 Å². The van der Waals surface area contributed by atoms with Gasteiger partial charge in [-0.15, -0.1) is 0 Å². The van der Waals surface area contributed by atoms with Gasteiger partial charge in [-0.05, 0) is 25.2 Å². The maximum atomic E-state index is 13.8.